The van der Waals surface area contributed by atoms with Crippen molar-refractivity contribution in [1.82, 2.24) is 15.1 Å². The zero-order valence-corrected chi connectivity index (χ0v) is 14.2. The molecule has 0 spiro atoms. The second-order valence-electron chi connectivity index (χ2n) is 6.49. The number of nitrogens with zero attached hydrogens (tertiary/aromatic N) is 2. The van der Waals surface area contributed by atoms with Crippen molar-refractivity contribution >= 4 is 0 Å². The molecule has 1 fully saturated rings. The van der Waals surface area contributed by atoms with E-state index >= 15 is 0 Å². The third-order valence-corrected chi connectivity index (χ3v) is 4.87. The highest BCUT2D eigenvalue weighted by molar-refractivity contribution is 5.12. The SMILES string of the molecule is CCNC(Cc1cc(CC)nn1CC)CC1CCCCC1. The fourth-order valence-corrected chi connectivity index (χ4v) is 3.73. The molecule has 2 rings (SSSR count). The number of hydrogen-bond donors (Lipinski definition) is 1. The summed E-state index contributed by atoms with van der Waals surface area (Å²) < 4.78 is 2.20. The van der Waals surface area contributed by atoms with Gasteiger partial charge in [-0.25, -0.2) is 0 Å². The second-order valence-corrected chi connectivity index (χ2v) is 6.49. The summed E-state index contributed by atoms with van der Waals surface area (Å²) in [5.74, 6) is 0.937. The Labute approximate surface area is 130 Å². The average Bonchev–Trinajstić information content (AvgIpc) is 2.90. The molecule has 1 saturated carbocycles. The van der Waals surface area contributed by atoms with E-state index in [-0.39, 0.29) is 0 Å². The molecular weight excluding hydrogens is 258 g/mol. The first-order valence-electron chi connectivity index (χ1n) is 9.05. The summed E-state index contributed by atoms with van der Waals surface area (Å²) in [4.78, 5) is 0. The molecule has 0 aromatic carbocycles. The van der Waals surface area contributed by atoms with Crippen molar-refractivity contribution in [2.75, 3.05) is 6.54 Å². The van der Waals surface area contributed by atoms with E-state index in [1.807, 2.05) is 0 Å². The van der Waals surface area contributed by atoms with Gasteiger partial charge in [0.15, 0.2) is 0 Å². The minimum atomic E-state index is 0.616. The Morgan fingerprint density at radius 3 is 2.62 bits per heavy atom. The van der Waals surface area contributed by atoms with E-state index in [0.29, 0.717) is 6.04 Å². The molecule has 1 N–H and O–H groups in total. The third kappa shape index (κ3) is 4.84. The highest BCUT2D eigenvalue weighted by atomic mass is 15.3. The maximum atomic E-state index is 4.70. The van der Waals surface area contributed by atoms with Gasteiger partial charge < -0.3 is 5.32 Å². The largest absolute Gasteiger partial charge is 0.314 e. The third-order valence-electron chi connectivity index (χ3n) is 4.87. The molecule has 0 bridgehead atoms. The maximum Gasteiger partial charge on any atom is 0.0624 e. The molecule has 1 unspecified atom stereocenters. The number of aryl methyl sites for hydroxylation is 2. The zero-order valence-electron chi connectivity index (χ0n) is 14.2. The van der Waals surface area contributed by atoms with Gasteiger partial charge >= 0.3 is 0 Å². The number of likely N-dealkylation sites (N-methyl/N-ethyl adjacent to an activating group) is 1. The molecule has 120 valence electrons. The number of nitrogens with one attached hydrogen (secondary N) is 1. The Balaban J connectivity index is 1.99. The summed E-state index contributed by atoms with van der Waals surface area (Å²) in [6.45, 7) is 8.66. The van der Waals surface area contributed by atoms with Crippen LogP contribution in [0.15, 0.2) is 6.07 Å². The molecule has 3 nitrogen and oxygen atoms in total. The van der Waals surface area contributed by atoms with E-state index in [1.165, 1.54) is 49.9 Å². The predicted molar refractivity (Wildman–Crippen MR) is 89.6 cm³/mol. The lowest BCUT2D eigenvalue weighted by atomic mass is 9.84. The van der Waals surface area contributed by atoms with Gasteiger partial charge in [0.25, 0.3) is 0 Å². The van der Waals surface area contributed by atoms with Gasteiger partial charge in [0.1, 0.15) is 0 Å². The van der Waals surface area contributed by atoms with Gasteiger partial charge in [-0.15, -0.1) is 0 Å². The lowest BCUT2D eigenvalue weighted by Crippen LogP contribution is -2.34. The van der Waals surface area contributed by atoms with Gasteiger partial charge in [-0.05, 0) is 38.3 Å². The number of hydrogen-bond acceptors (Lipinski definition) is 2. The average molecular weight is 291 g/mol. The minimum absolute atomic E-state index is 0.616. The van der Waals surface area contributed by atoms with Gasteiger partial charge in [-0.1, -0.05) is 46.0 Å². The molecule has 1 heterocycles. The van der Waals surface area contributed by atoms with Crippen molar-refractivity contribution in [3.63, 3.8) is 0 Å². The molecule has 0 amide bonds. The Bertz CT molecular complexity index is 405. The molecule has 21 heavy (non-hydrogen) atoms. The minimum Gasteiger partial charge on any atom is -0.314 e. The number of rotatable bonds is 8. The summed E-state index contributed by atoms with van der Waals surface area (Å²) in [6, 6.07) is 2.93. The van der Waals surface area contributed by atoms with Crippen LogP contribution >= 0.6 is 0 Å². The molecular formula is C18H33N3. The highest BCUT2D eigenvalue weighted by Gasteiger charge is 2.20. The summed E-state index contributed by atoms with van der Waals surface area (Å²) in [6.07, 6.45) is 10.7. The molecule has 1 atom stereocenters. The van der Waals surface area contributed by atoms with Crippen molar-refractivity contribution in [3.05, 3.63) is 17.5 Å². The lowest BCUT2D eigenvalue weighted by molar-refractivity contribution is 0.296. The van der Waals surface area contributed by atoms with Crippen molar-refractivity contribution in [2.45, 2.75) is 84.7 Å². The van der Waals surface area contributed by atoms with E-state index in [0.717, 1.165) is 31.8 Å². The molecule has 1 aromatic rings. The van der Waals surface area contributed by atoms with Crippen LogP contribution in [0.2, 0.25) is 0 Å². The van der Waals surface area contributed by atoms with E-state index in [9.17, 15) is 0 Å². The van der Waals surface area contributed by atoms with Crippen LogP contribution in [0.4, 0.5) is 0 Å². The second kappa shape index (κ2) is 8.57. The van der Waals surface area contributed by atoms with Crippen molar-refractivity contribution < 1.29 is 0 Å². The Morgan fingerprint density at radius 2 is 2.00 bits per heavy atom. The van der Waals surface area contributed by atoms with Gasteiger partial charge in [-0.2, -0.15) is 5.10 Å². The van der Waals surface area contributed by atoms with Crippen LogP contribution in [0.1, 0.15) is 70.7 Å². The standard InChI is InChI=1S/C18H33N3/c1-4-16-13-18(21(6-3)20-16)14-17(19-5-2)12-15-10-8-7-9-11-15/h13,15,17,19H,4-12,14H2,1-3H3. The molecule has 1 aliphatic rings. The molecule has 1 aliphatic carbocycles. The van der Waals surface area contributed by atoms with Crippen LogP contribution in [-0.2, 0) is 19.4 Å². The normalized spacial score (nSPS) is 18.0. The Hall–Kier alpha value is -0.830. The molecule has 1 aromatic heterocycles. The van der Waals surface area contributed by atoms with E-state index in [4.69, 9.17) is 5.10 Å². The zero-order chi connectivity index (χ0) is 15.1. The summed E-state index contributed by atoms with van der Waals surface area (Å²) in [7, 11) is 0. The van der Waals surface area contributed by atoms with E-state index in [1.54, 1.807) is 0 Å². The van der Waals surface area contributed by atoms with Gasteiger partial charge in [0.05, 0.1) is 5.69 Å². The van der Waals surface area contributed by atoms with E-state index < -0.39 is 0 Å². The summed E-state index contributed by atoms with van der Waals surface area (Å²) in [5.41, 5.74) is 2.65. The number of aromatic nitrogens is 2. The summed E-state index contributed by atoms with van der Waals surface area (Å²) in [5, 5.41) is 8.41. The maximum absolute atomic E-state index is 4.70. The molecule has 0 radical (unpaired) electrons. The molecule has 0 aliphatic heterocycles. The van der Waals surface area contributed by atoms with Crippen LogP contribution in [0.3, 0.4) is 0 Å². The first kappa shape index (κ1) is 16.5. The van der Waals surface area contributed by atoms with Crippen molar-refractivity contribution in [1.29, 1.82) is 0 Å². The van der Waals surface area contributed by atoms with Gasteiger partial charge in [-0.3, -0.25) is 4.68 Å². The first-order valence-corrected chi connectivity index (χ1v) is 9.05. The summed E-state index contributed by atoms with van der Waals surface area (Å²) >= 11 is 0. The van der Waals surface area contributed by atoms with Crippen LogP contribution in [-0.4, -0.2) is 22.4 Å². The predicted octanol–water partition coefficient (Wildman–Crippen LogP) is 3.96. The Morgan fingerprint density at radius 1 is 1.24 bits per heavy atom. The Kier molecular flexibility index (Phi) is 6.75. The fraction of sp³-hybridized carbons (Fsp3) is 0.833. The molecule has 0 saturated heterocycles. The monoisotopic (exact) mass is 291 g/mol. The fourth-order valence-electron chi connectivity index (χ4n) is 3.73. The first-order chi connectivity index (χ1) is 10.3. The highest BCUT2D eigenvalue weighted by Crippen LogP contribution is 2.28. The van der Waals surface area contributed by atoms with Gasteiger partial charge in [0, 0.05) is 24.7 Å². The van der Waals surface area contributed by atoms with Crippen LogP contribution < -0.4 is 5.32 Å². The van der Waals surface area contributed by atoms with Crippen molar-refractivity contribution in [2.24, 2.45) is 5.92 Å². The van der Waals surface area contributed by atoms with E-state index in [2.05, 4.69) is 36.8 Å². The topological polar surface area (TPSA) is 29.9 Å². The smallest absolute Gasteiger partial charge is 0.0624 e. The van der Waals surface area contributed by atoms with Crippen LogP contribution in [0.5, 0.6) is 0 Å². The molecule has 3 heteroatoms. The van der Waals surface area contributed by atoms with Gasteiger partial charge in [0.2, 0.25) is 0 Å². The lowest BCUT2D eigenvalue weighted by Gasteiger charge is -2.27. The van der Waals surface area contributed by atoms with Crippen LogP contribution in [0, 0.1) is 5.92 Å². The van der Waals surface area contributed by atoms with Crippen molar-refractivity contribution in [3.8, 4) is 0 Å². The quantitative estimate of drug-likeness (QED) is 0.786. The van der Waals surface area contributed by atoms with Crippen LogP contribution in [0.25, 0.3) is 0 Å².